The first-order valence-corrected chi connectivity index (χ1v) is 9.30. The highest BCUT2D eigenvalue weighted by Gasteiger charge is 2.33. The highest BCUT2D eigenvalue weighted by Crippen LogP contribution is 2.32. The molecule has 1 saturated heterocycles. The van der Waals surface area contributed by atoms with Gasteiger partial charge in [0.25, 0.3) is 5.91 Å². The number of nitrogens with two attached hydrogens (primary N) is 1. The summed E-state index contributed by atoms with van der Waals surface area (Å²) < 4.78 is 2.25. The van der Waals surface area contributed by atoms with E-state index in [1.807, 2.05) is 29.2 Å². The normalized spacial score (nSPS) is 19.6. The number of rotatable bonds is 3. The van der Waals surface area contributed by atoms with E-state index in [0.717, 1.165) is 61.5 Å². The van der Waals surface area contributed by atoms with Crippen molar-refractivity contribution in [1.82, 2.24) is 19.7 Å². The molecule has 0 radical (unpaired) electrons. The van der Waals surface area contributed by atoms with Crippen molar-refractivity contribution in [1.29, 1.82) is 0 Å². The van der Waals surface area contributed by atoms with Crippen LogP contribution in [0.25, 0.3) is 0 Å². The number of aryl methyl sites for hydroxylation is 1. The molecule has 2 N–H and O–H groups in total. The number of carbonyl (C=O) groups is 1. The second-order valence-corrected chi connectivity index (χ2v) is 6.99. The summed E-state index contributed by atoms with van der Waals surface area (Å²) in [6, 6.07) is 7.68. The van der Waals surface area contributed by atoms with Crippen molar-refractivity contribution in [3.05, 3.63) is 47.0 Å². The minimum atomic E-state index is 0. The summed E-state index contributed by atoms with van der Waals surface area (Å²) in [6.45, 7) is 2.25. The predicted molar refractivity (Wildman–Crippen MR) is 102 cm³/mol. The Morgan fingerprint density at radius 2 is 1.85 bits per heavy atom. The third kappa shape index (κ3) is 3.48. The number of hydrogen-bond acceptors (Lipinski definition) is 4. The number of likely N-dealkylation sites (tertiary alicyclic amines) is 1. The number of carbonyl (C=O) groups excluding carboxylic acids is 1. The standard InChI is InChI=1S/C19H25N5O.ClH/c20-13-14-7-9-15(10-8-14)19(25)23-11-3-1-5-16(23)18-22-21-17-6-2-4-12-24(17)18;/h7-10,16H,1-6,11-13,20H2;1H. The number of amides is 1. The van der Waals surface area contributed by atoms with Crippen LogP contribution in [-0.4, -0.2) is 32.1 Å². The molecule has 2 aromatic rings. The van der Waals surface area contributed by atoms with Crippen LogP contribution in [0.5, 0.6) is 0 Å². The number of halogens is 1. The molecular formula is C19H26ClN5O. The summed E-state index contributed by atoms with van der Waals surface area (Å²) in [6.07, 6.45) is 6.48. The van der Waals surface area contributed by atoms with Gasteiger partial charge in [-0.1, -0.05) is 12.1 Å². The zero-order valence-electron chi connectivity index (χ0n) is 14.9. The molecule has 0 saturated carbocycles. The Kier molecular flexibility index (Phi) is 5.94. The number of fused-ring (bicyclic) bond motifs is 1. The Bertz CT molecular complexity index is 758. The molecular weight excluding hydrogens is 350 g/mol. The molecule has 1 aromatic carbocycles. The minimum absolute atomic E-state index is 0. The van der Waals surface area contributed by atoms with Crippen LogP contribution in [-0.2, 0) is 19.5 Å². The third-order valence-corrected chi connectivity index (χ3v) is 5.39. The molecule has 2 aliphatic heterocycles. The molecule has 140 valence electrons. The van der Waals surface area contributed by atoms with Crippen molar-refractivity contribution in [2.24, 2.45) is 5.73 Å². The molecule has 0 aliphatic carbocycles. The second kappa shape index (κ2) is 8.18. The van der Waals surface area contributed by atoms with E-state index in [2.05, 4.69) is 14.8 Å². The van der Waals surface area contributed by atoms with Crippen LogP contribution < -0.4 is 5.73 Å². The van der Waals surface area contributed by atoms with E-state index in [4.69, 9.17) is 5.73 Å². The van der Waals surface area contributed by atoms with Gasteiger partial charge in [0.1, 0.15) is 5.82 Å². The van der Waals surface area contributed by atoms with Gasteiger partial charge >= 0.3 is 0 Å². The third-order valence-electron chi connectivity index (χ3n) is 5.39. The number of aromatic nitrogens is 3. The van der Waals surface area contributed by atoms with Gasteiger partial charge in [-0.3, -0.25) is 4.79 Å². The van der Waals surface area contributed by atoms with Crippen molar-refractivity contribution in [3.63, 3.8) is 0 Å². The van der Waals surface area contributed by atoms with E-state index in [1.165, 1.54) is 12.8 Å². The van der Waals surface area contributed by atoms with Gasteiger partial charge < -0.3 is 15.2 Å². The Balaban J connectivity index is 0.00000196. The molecule has 26 heavy (non-hydrogen) atoms. The van der Waals surface area contributed by atoms with Gasteiger partial charge in [0.15, 0.2) is 5.82 Å². The molecule has 7 heteroatoms. The Morgan fingerprint density at radius 3 is 2.62 bits per heavy atom. The number of benzene rings is 1. The molecule has 1 unspecified atom stereocenters. The van der Waals surface area contributed by atoms with E-state index in [9.17, 15) is 4.79 Å². The Morgan fingerprint density at radius 1 is 1.08 bits per heavy atom. The summed E-state index contributed by atoms with van der Waals surface area (Å²) in [5.74, 6) is 2.13. The fourth-order valence-electron chi connectivity index (χ4n) is 3.97. The quantitative estimate of drug-likeness (QED) is 0.894. The van der Waals surface area contributed by atoms with Crippen molar-refractivity contribution in [2.75, 3.05) is 6.54 Å². The maximum Gasteiger partial charge on any atom is 0.254 e. The lowest BCUT2D eigenvalue weighted by Gasteiger charge is -2.35. The fourth-order valence-corrected chi connectivity index (χ4v) is 3.97. The smallest absolute Gasteiger partial charge is 0.254 e. The molecule has 1 atom stereocenters. The first-order valence-electron chi connectivity index (χ1n) is 9.30. The van der Waals surface area contributed by atoms with Gasteiger partial charge in [-0.05, 0) is 49.8 Å². The Hall–Kier alpha value is -1.92. The molecule has 6 nitrogen and oxygen atoms in total. The van der Waals surface area contributed by atoms with Gasteiger partial charge in [-0.15, -0.1) is 22.6 Å². The molecule has 2 aliphatic rings. The van der Waals surface area contributed by atoms with Gasteiger partial charge in [-0.2, -0.15) is 0 Å². The number of hydrogen-bond donors (Lipinski definition) is 1. The lowest BCUT2D eigenvalue weighted by Crippen LogP contribution is -2.40. The van der Waals surface area contributed by atoms with Crippen LogP contribution >= 0.6 is 12.4 Å². The van der Waals surface area contributed by atoms with Gasteiger partial charge in [0, 0.05) is 31.6 Å². The van der Waals surface area contributed by atoms with Crippen LogP contribution in [0.15, 0.2) is 24.3 Å². The average molecular weight is 376 g/mol. The van der Waals surface area contributed by atoms with E-state index >= 15 is 0 Å². The zero-order valence-corrected chi connectivity index (χ0v) is 15.7. The van der Waals surface area contributed by atoms with E-state index in [0.29, 0.717) is 6.54 Å². The topological polar surface area (TPSA) is 77.0 Å². The SMILES string of the molecule is Cl.NCc1ccc(C(=O)N2CCCCC2c2nnc3n2CCCC3)cc1. The number of piperidine rings is 1. The minimum Gasteiger partial charge on any atom is -0.328 e. The van der Waals surface area contributed by atoms with Crippen LogP contribution in [0, 0.1) is 0 Å². The monoisotopic (exact) mass is 375 g/mol. The summed E-state index contributed by atoms with van der Waals surface area (Å²) >= 11 is 0. The fraction of sp³-hybridized carbons (Fsp3) is 0.526. The predicted octanol–water partition coefficient (Wildman–Crippen LogP) is 2.86. The van der Waals surface area contributed by atoms with E-state index in [1.54, 1.807) is 0 Å². The van der Waals surface area contributed by atoms with Gasteiger partial charge in [0.2, 0.25) is 0 Å². The maximum absolute atomic E-state index is 13.1. The van der Waals surface area contributed by atoms with Crippen LogP contribution in [0.2, 0.25) is 0 Å². The maximum atomic E-state index is 13.1. The van der Waals surface area contributed by atoms with Crippen LogP contribution in [0.1, 0.15) is 65.7 Å². The largest absolute Gasteiger partial charge is 0.328 e. The second-order valence-electron chi connectivity index (χ2n) is 6.99. The highest BCUT2D eigenvalue weighted by molar-refractivity contribution is 5.94. The van der Waals surface area contributed by atoms with Crippen molar-refractivity contribution >= 4 is 18.3 Å². The van der Waals surface area contributed by atoms with Crippen molar-refractivity contribution < 1.29 is 4.79 Å². The van der Waals surface area contributed by atoms with Crippen LogP contribution in [0.3, 0.4) is 0 Å². The summed E-state index contributed by atoms with van der Waals surface area (Å²) in [7, 11) is 0. The molecule has 1 aromatic heterocycles. The highest BCUT2D eigenvalue weighted by atomic mass is 35.5. The molecule has 3 heterocycles. The summed E-state index contributed by atoms with van der Waals surface area (Å²) in [5.41, 5.74) is 7.42. The first kappa shape index (κ1) is 18.9. The summed E-state index contributed by atoms with van der Waals surface area (Å²) in [4.78, 5) is 15.1. The summed E-state index contributed by atoms with van der Waals surface area (Å²) in [5, 5.41) is 8.86. The van der Waals surface area contributed by atoms with Crippen molar-refractivity contribution in [3.8, 4) is 0 Å². The molecule has 0 bridgehead atoms. The number of nitrogens with zero attached hydrogens (tertiary/aromatic N) is 4. The van der Waals surface area contributed by atoms with Gasteiger partial charge in [0.05, 0.1) is 6.04 Å². The molecule has 1 amide bonds. The van der Waals surface area contributed by atoms with E-state index in [-0.39, 0.29) is 24.4 Å². The average Bonchev–Trinajstić information content (AvgIpc) is 3.11. The first-order chi connectivity index (χ1) is 12.3. The zero-order chi connectivity index (χ0) is 17.2. The molecule has 1 fully saturated rings. The molecule has 0 spiro atoms. The van der Waals surface area contributed by atoms with E-state index < -0.39 is 0 Å². The van der Waals surface area contributed by atoms with Crippen LogP contribution in [0.4, 0.5) is 0 Å². The van der Waals surface area contributed by atoms with Gasteiger partial charge in [-0.25, -0.2) is 0 Å². The lowest BCUT2D eigenvalue weighted by atomic mass is 9.99. The van der Waals surface area contributed by atoms with Crippen molar-refractivity contribution in [2.45, 2.75) is 57.7 Å². The Labute approximate surface area is 160 Å². The lowest BCUT2D eigenvalue weighted by molar-refractivity contribution is 0.0593. The molecule has 4 rings (SSSR count).